The highest BCUT2D eigenvalue weighted by Crippen LogP contribution is 2.54. The van der Waals surface area contributed by atoms with Crippen LogP contribution in [0.5, 0.6) is 0 Å². The van der Waals surface area contributed by atoms with Gasteiger partial charge >= 0.3 is 0 Å². The fourth-order valence-corrected chi connectivity index (χ4v) is 17.0. The Kier molecular flexibility index (Phi) is 12.8. The maximum absolute atomic E-state index is 10.6. The number of hydrogen-bond donors (Lipinski definition) is 0. The van der Waals surface area contributed by atoms with E-state index >= 15 is 0 Å². The third kappa shape index (κ3) is 11.9. The number of benzene rings is 16. The van der Waals surface area contributed by atoms with Gasteiger partial charge in [0.1, 0.15) is 0 Å². The van der Waals surface area contributed by atoms with Crippen LogP contribution in [0.15, 0.2) is 370 Å². The predicted molar refractivity (Wildman–Crippen MR) is 487 cm³/mol. The Morgan fingerprint density at radius 3 is 1.23 bits per heavy atom. The third-order valence-electron chi connectivity index (χ3n) is 22.7. The van der Waals surface area contributed by atoms with Crippen molar-refractivity contribution in [2.24, 2.45) is 0 Å². The molecule has 18 aromatic rings. The molecule has 0 spiro atoms. The van der Waals surface area contributed by atoms with Crippen molar-refractivity contribution < 1.29 is 23.3 Å². The molecule has 0 N–H and O–H groups in total. The number of fused-ring (bicyclic) bond motifs is 10. The minimum Gasteiger partial charge on any atom is -0.311 e. The van der Waals surface area contributed by atoms with E-state index in [-0.39, 0.29) is 67.0 Å². The summed E-state index contributed by atoms with van der Waals surface area (Å²) in [5.74, 6) is 0. The molecule has 0 unspecified atom stereocenters. The average molecular weight is 1480 g/mol. The predicted octanol–water partition coefficient (Wildman–Crippen LogP) is 27.7. The van der Waals surface area contributed by atoms with Gasteiger partial charge in [0.2, 0.25) is 0 Å². The molecule has 20 rings (SSSR count). The SMILES string of the molecule is [2H]c1c([2H])c([2H])c(N(c2ccccc2)c2ccc3c(c2)c2c([2H])c([2H])c([2H])c([2H])c2n3-c2cc3c4c(c2)N(c2c(-c5ccccc5)cc(C(C)(C)C)cc2-c2ccccc2)c2cc(-n5c6c([2H])c([2H])c([2H])c([2H])c6c6c([2H])c([2H])c([2H])c([2H])c65)ccc2B4c2ccc(-c4cc(C(C)(C)C)cc(C(C)(C)C)c4)cc2N3c2cc(-c3ccccc3)cc(-c3ccccc3)c2)c([2H])c1[2H]. The monoisotopic (exact) mass is 1480 g/mol. The molecular weight excluding hydrogens is 1380 g/mol. The van der Waals surface area contributed by atoms with Crippen molar-refractivity contribution >= 4 is 118 Å². The maximum atomic E-state index is 10.6. The Labute approximate surface area is 693 Å². The summed E-state index contributed by atoms with van der Waals surface area (Å²) < 4.78 is 167. The second-order valence-corrected chi connectivity index (χ2v) is 32.9. The second kappa shape index (κ2) is 27.2. The molecule has 0 saturated heterocycles. The van der Waals surface area contributed by atoms with Crippen molar-refractivity contribution in [1.82, 2.24) is 9.13 Å². The number of nitrogens with zero attached hydrogens (tertiary/aromatic N) is 5. The van der Waals surface area contributed by atoms with E-state index in [1.165, 1.54) is 0 Å². The van der Waals surface area contributed by atoms with Gasteiger partial charge in [0.25, 0.3) is 6.71 Å². The molecule has 548 valence electrons. The van der Waals surface area contributed by atoms with E-state index < -0.39 is 103 Å². The minimum absolute atomic E-state index is 0.0713. The summed E-state index contributed by atoms with van der Waals surface area (Å²) in [6.07, 6.45) is 0. The fourth-order valence-electron chi connectivity index (χ4n) is 17.0. The van der Waals surface area contributed by atoms with Crippen molar-refractivity contribution in [3.63, 3.8) is 0 Å². The van der Waals surface area contributed by atoms with Gasteiger partial charge in [-0.05, 0) is 215 Å². The molecule has 0 aliphatic carbocycles. The average Bonchev–Trinajstić information content (AvgIpc) is 1.68. The lowest BCUT2D eigenvalue weighted by Gasteiger charge is -2.45. The van der Waals surface area contributed by atoms with Crippen molar-refractivity contribution in [2.45, 2.75) is 78.6 Å². The molecule has 0 amide bonds. The summed E-state index contributed by atoms with van der Waals surface area (Å²) in [6.45, 7) is 19.2. The van der Waals surface area contributed by atoms with Gasteiger partial charge in [0.15, 0.2) is 0 Å². The molecule has 2 aliphatic rings. The topological polar surface area (TPSA) is 19.6 Å². The van der Waals surface area contributed by atoms with Crippen LogP contribution in [-0.4, -0.2) is 15.8 Å². The van der Waals surface area contributed by atoms with E-state index in [1.807, 2.05) is 102 Å². The zero-order valence-corrected chi connectivity index (χ0v) is 64.7. The Morgan fingerprint density at radius 2 is 0.702 bits per heavy atom. The Hall–Kier alpha value is -13.4. The Morgan fingerprint density at radius 1 is 0.272 bits per heavy atom. The lowest BCUT2D eigenvalue weighted by atomic mass is 9.33. The summed E-state index contributed by atoms with van der Waals surface area (Å²) >= 11 is 0. The lowest BCUT2D eigenvalue weighted by Crippen LogP contribution is -2.61. The van der Waals surface area contributed by atoms with Crippen LogP contribution in [0, 0.1) is 0 Å². The number of hydrogen-bond acceptors (Lipinski definition) is 3. The van der Waals surface area contributed by atoms with E-state index in [4.69, 9.17) is 4.11 Å². The van der Waals surface area contributed by atoms with Gasteiger partial charge in [-0.1, -0.05) is 311 Å². The van der Waals surface area contributed by atoms with Crippen LogP contribution in [0.4, 0.5) is 51.2 Å². The van der Waals surface area contributed by atoms with E-state index in [9.17, 15) is 19.2 Å². The fraction of sp³-hybridized carbons (Fsp3) is 0.111. The minimum atomic E-state index is -0.753. The molecule has 16 aromatic carbocycles. The molecule has 4 heterocycles. The van der Waals surface area contributed by atoms with Crippen LogP contribution in [0.2, 0.25) is 0 Å². The molecule has 0 fully saturated rings. The van der Waals surface area contributed by atoms with Crippen LogP contribution in [-0.2, 0) is 16.2 Å². The molecule has 2 aromatic heterocycles. The molecule has 0 bridgehead atoms. The zero-order valence-electron chi connectivity index (χ0n) is 81.7. The van der Waals surface area contributed by atoms with Gasteiger partial charge in [0, 0.05) is 83.9 Å². The van der Waals surface area contributed by atoms with Gasteiger partial charge in [-0.3, -0.25) is 0 Å². The highest BCUT2D eigenvalue weighted by Gasteiger charge is 2.46. The van der Waals surface area contributed by atoms with E-state index in [0.29, 0.717) is 50.7 Å². The summed E-state index contributed by atoms with van der Waals surface area (Å²) in [4.78, 5) is 6.21. The second-order valence-electron chi connectivity index (χ2n) is 32.9. The molecular formula is C108H88BN5. The number of para-hydroxylation sites is 5. The number of rotatable bonds is 12. The Balaban J connectivity index is 1.01. The molecule has 5 nitrogen and oxygen atoms in total. The van der Waals surface area contributed by atoms with E-state index in [0.717, 1.165) is 100 Å². The van der Waals surface area contributed by atoms with Crippen LogP contribution >= 0.6 is 0 Å². The van der Waals surface area contributed by atoms with Crippen molar-refractivity contribution in [3.8, 4) is 67.0 Å². The molecule has 0 radical (unpaired) electrons. The largest absolute Gasteiger partial charge is 0.311 e. The molecule has 6 heteroatoms. The van der Waals surface area contributed by atoms with Crippen LogP contribution in [0.3, 0.4) is 0 Å². The summed E-state index contributed by atoms with van der Waals surface area (Å²) in [6, 6.07) is 81.5. The van der Waals surface area contributed by atoms with Crippen LogP contribution in [0.1, 0.15) is 102 Å². The lowest BCUT2D eigenvalue weighted by molar-refractivity contribution is 0.569. The summed E-state index contributed by atoms with van der Waals surface area (Å²) in [5, 5.41) is 0.269. The summed E-state index contributed by atoms with van der Waals surface area (Å²) in [5.41, 5.74) is 19.1. The maximum Gasteiger partial charge on any atom is 0.252 e. The molecule has 0 saturated carbocycles. The van der Waals surface area contributed by atoms with Gasteiger partial charge in [-0.25, -0.2) is 0 Å². The molecule has 114 heavy (non-hydrogen) atoms. The first-order valence-electron chi connectivity index (χ1n) is 47.3. The summed E-state index contributed by atoms with van der Waals surface area (Å²) in [7, 11) is 0. The quantitative estimate of drug-likeness (QED) is 0.114. The standard InChI is InChI=1S/C108H88BN5/c1-106(2,3)79-59-78(60-80(64-79)107(4,5)6)75-52-55-94-100(63-75)113(86-61-76(71-34-16-10-17-35-71)58-77(62-86)72-36-18-11-19-37-72)102-69-87(112-98-51-33-30-48-90(98)93-67-84(54-57-99(93)112)110(82-42-24-14-25-43-82)83-44-26-15-27-45-83)70-103-104(102)109(94)95-56-53-85(111-96-49-31-28-46-88(96)89-47-29-32-50-97(89)111)68-101(95)114(103)105-91(73-38-20-12-21-39-73)65-81(108(7,8)9)66-92(105)74-40-22-13-23-41-74/h10-70H,1-9H3/i14D,24D,25D,28D,29D,30D,31D,32D,33D,42D,43D,46D,47D,48D,49D,50D,51D. The normalized spacial score (nSPS) is 14.8. The van der Waals surface area contributed by atoms with E-state index in [2.05, 4.69) is 206 Å². The highest BCUT2D eigenvalue weighted by atomic mass is 15.2. The van der Waals surface area contributed by atoms with E-state index in [1.54, 1.807) is 45.9 Å². The number of aromatic nitrogens is 2. The first-order chi connectivity index (χ1) is 62.5. The van der Waals surface area contributed by atoms with Crippen molar-refractivity contribution in [2.75, 3.05) is 14.7 Å². The van der Waals surface area contributed by atoms with Gasteiger partial charge < -0.3 is 23.8 Å². The van der Waals surface area contributed by atoms with Crippen molar-refractivity contribution in [3.05, 3.63) is 386 Å². The smallest absolute Gasteiger partial charge is 0.252 e. The van der Waals surface area contributed by atoms with Gasteiger partial charge in [0.05, 0.1) is 56.7 Å². The van der Waals surface area contributed by atoms with Gasteiger partial charge in [-0.15, -0.1) is 0 Å². The third-order valence-corrected chi connectivity index (χ3v) is 22.7. The van der Waals surface area contributed by atoms with Crippen molar-refractivity contribution in [1.29, 1.82) is 0 Å². The highest BCUT2D eigenvalue weighted by molar-refractivity contribution is 7.00. The zero-order chi connectivity index (χ0) is 92.1. The first-order valence-corrected chi connectivity index (χ1v) is 38.8. The van der Waals surface area contributed by atoms with Crippen LogP contribution in [0.25, 0.3) is 111 Å². The Bertz CT molecular complexity index is 7620. The van der Waals surface area contributed by atoms with Crippen LogP contribution < -0.4 is 31.1 Å². The molecule has 2 aliphatic heterocycles. The number of anilines is 9. The molecule has 0 atom stereocenters. The first kappa shape index (κ1) is 53.5. The van der Waals surface area contributed by atoms with Gasteiger partial charge in [-0.2, -0.15) is 0 Å².